The van der Waals surface area contributed by atoms with Crippen LogP contribution in [0.4, 0.5) is 5.82 Å². The third-order valence-corrected chi connectivity index (χ3v) is 3.35. The molecule has 108 valence electrons. The third kappa shape index (κ3) is 3.00. The zero-order valence-corrected chi connectivity index (χ0v) is 12.8. The van der Waals surface area contributed by atoms with Crippen LogP contribution in [0.3, 0.4) is 0 Å². The molecule has 0 amide bonds. The molecular formula is C16H23N3O. The molecule has 0 fully saturated rings. The smallest absolute Gasteiger partial charge is 0.197 e. The van der Waals surface area contributed by atoms with Crippen molar-refractivity contribution >= 4 is 5.82 Å². The predicted molar refractivity (Wildman–Crippen MR) is 82.0 cm³/mol. The van der Waals surface area contributed by atoms with Crippen LogP contribution in [0.15, 0.2) is 16.5 Å². The Hall–Kier alpha value is -1.84. The van der Waals surface area contributed by atoms with Crippen LogP contribution in [0.2, 0.25) is 0 Å². The lowest BCUT2D eigenvalue weighted by Crippen LogP contribution is -2.08. The maximum absolute atomic E-state index is 5.76. The lowest BCUT2D eigenvalue weighted by molar-refractivity contribution is 0.525. The second-order valence-corrected chi connectivity index (χ2v) is 4.87. The Labute approximate surface area is 120 Å². The van der Waals surface area contributed by atoms with Crippen molar-refractivity contribution in [3.8, 4) is 11.6 Å². The quantitative estimate of drug-likeness (QED) is 0.864. The molecule has 0 aromatic carbocycles. The molecule has 0 saturated carbocycles. The number of aromatic nitrogens is 2. The van der Waals surface area contributed by atoms with Gasteiger partial charge >= 0.3 is 0 Å². The summed E-state index contributed by atoms with van der Waals surface area (Å²) in [5, 5.41) is 3.38. The zero-order chi connectivity index (χ0) is 14.5. The van der Waals surface area contributed by atoms with Crippen LogP contribution in [-0.2, 0) is 12.8 Å². The fourth-order valence-electron chi connectivity index (χ4n) is 2.12. The van der Waals surface area contributed by atoms with Crippen molar-refractivity contribution in [1.82, 2.24) is 9.97 Å². The van der Waals surface area contributed by atoms with Crippen molar-refractivity contribution in [3.63, 3.8) is 0 Å². The molecule has 0 unspecified atom stereocenters. The SMILES string of the molecule is CCCNc1nc(-c2ccc(CC)o2)nc(CC)c1C. The molecule has 0 spiro atoms. The number of aryl methyl sites for hydroxylation is 2. The fourth-order valence-corrected chi connectivity index (χ4v) is 2.12. The Bertz CT molecular complexity index is 575. The Morgan fingerprint density at radius 3 is 2.50 bits per heavy atom. The Balaban J connectivity index is 2.42. The van der Waals surface area contributed by atoms with Crippen molar-refractivity contribution < 1.29 is 4.42 Å². The van der Waals surface area contributed by atoms with Crippen LogP contribution >= 0.6 is 0 Å². The van der Waals surface area contributed by atoms with E-state index >= 15 is 0 Å². The van der Waals surface area contributed by atoms with E-state index in [2.05, 4.69) is 43.0 Å². The van der Waals surface area contributed by atoms with Crippen LogP contribution in [-0.4, -0.2) is 16.5 Å². The van der Waals surface area contributed by atoms with Crippen molar-refractivity contribution in [2.24, 2.45) is 0 Å². The van der Waals surface area contributed by atoms with Crippen LogP contribution < -0.4 is 5.32 Å². The standard InChI is InChI=1S/C16H23N3O/c1-5-10-17-15-11(4)13(7-3)18-16(19-15)14-9-8-12(6-2)20-14/h8-9H,5-7,10H2,1-4H3,(H,17,18,19). The molecule has 0 bridgehead atoms. The molecule has 2 rings (SSSR count). The molecule has 0 atom stereocenters. The predicted octanol–water partition coefficient (Wildman–Crippen LogP) is 3.99. The van der Waals surface area contributed by atoms with Gasteiger partial charge in [0.05, 0.1) is 0 Å². The van der Waals surface area contributed by atoms with Gasteiger partial charge in [-0.1, -0.05) is 20.8 Å². The number of furan rings is 1. The third-order valence-electron chi connectivity index (χ3n) is 3.35. The maximum atomic E-state index is 5.76. The largest absolute Gasteiger partial charge is 0.458 e. The van der Waals surface area contributed by atoms with Gasteiger partial charge in [0.15, 0.2) is 11.6 Å². The van der Waals surface area contributed by atoms with E-state index in [4.69, 9.17) is 4.42 Å². The van der Waals surface area contributed by atoms with E-state index in [0.717, 1.165) is 54.4 Å². The number of nitrogens with one attached hydrogen (secondary N) is 1. The van der Waals surface area contributed by atoms with Gasteiger partial charge in [0.25, 0.3) is 0 Å². The Morgan fingerprint density at radius 1 is 1.10 bits per heavy atom. The van der Waals surface area contributed by atoms with Crippen molar-refractivity contribution in [1.29, 1.82) is 0 Å². The second kappa shape index (κ2) is 6.55. The maximum Gasteiger partial charge on any atom is 0.197 e. The monoisotopic (exact) mass is 273 g/mol. The van der Waals surface area contributed by atoms with Gasteiger partial charge < -0.3 is 9.73 Å². The van der Waals surface area contributed by atoms with Crippen LogP contribution in [0.25, 0.3) is 11.6 Å². The summed E-state index contributed by atoms with van der Waals surface area (Å²) in [5.41, 5.74) is 2.20. The van der Waals surface area contributed by atoms with E-state index in [1.54, 1.807) is 0 Å². The van der Waals surface area contributed by atoms with Gasteiger partial charge in [0.1, 0.15) is 11.6 Å². The highest BCUT2D eigenvalue weighted by Crippen LogP contribution is 2.24. The highest BCUT2D eigenvalue weighted by Gasteiger charge is 2.13. The molecule has 2 heterocycles. The zero-order valence-electron chi connectivity index (χ0n) is 12.8. The van der Waals surface area contributed by atoms with Crippen LogP contribution in [0.1, 0.15) is 44.2 Å². The highest BCUT2D eigenvalue weighted by molar-refractivity contribution is 5.55. The van der Waals surface area contributed by atoms with Gasteiger partial charge in [-0.3, -0.25) is 0 Å². The summed E-state index contributed by atoms with van der Waals surface area (Å²) < 4.78 is 5.76. The molecule has 0 radical (unpaired) electrons. The number of hydrogen-bond acceptors (Lipinski definition) is 4. The molecule has 0 saturated heterocycles. The molecule has 0 aliphatic carbocycles. The van der Waals surface area contributed by atoms with Crippen LogP contribution in [0, 0.1) is 6.92 Å². The van der Waals surface area contributed by atoms with Crippen LogP contribution in [0.5, 0.6) is 0 Å². The summed E-state index contributed by atoms with van der Waals surface area (Å²) >= 11 is 0. The molecule has 4 nitrogen and oxygen atoms in total. The minimum atomic E-state index is 0.672. The average Bonchev–Trinajstić information content (AvgIpc) is 2.95. The van der Waals surface area contributed by atoms with E-state index in [9.17, 15) is 0 Å². The molecule has 2 aromatic rings. The van der Waals surface area contributed by atoms with E-state index < -0.39 is 0 Å². The highest BCUT2D eigenvalue weighted by atomic mass is 16.3. The van der Waals surface area contributed by atoms with Gasteiger partial charge in [-0.25, -0.2) is 9.97 Å². The average molecular weight is 273 g/mol. The molecule has 0 aliphatic rings. The molecule has 2 aromatic heterocycles. The van der Waals surface area contributed by atoms with Gasteiger partial charge in [0.2, 0.25) is 0 Å². The molecule has 0 aliphatic heterocycles. The lowest BCUT2D eigenvalue weighted by Gasteiger charge is -2.12. The summed E-state index contributed by atoms with van der Waals surface area (Å²) in [5.74, 6) is 3.30. The van der Waals surface area contributed by atoms with Crippen molar-refractivity contribution in [3.05, 3.63) is 29.2 Å². The number of hydrogen-bond donors (Lipinski definition) is 1. The minimum absolute atomic E-state index is 0.672. The Morgan fingerprint density at radius 2 is 1.90 bits per heavy atom. The van der Waals surface area contributed by atoms with Gasteiger partial charge in [-0.15, -0.1) is 0 Å². The van der Waals surface area contributed by atoms with Crippen molar-refractivity contribution in [2.75, 3.05) is 11.9 Å². The minimum Gasteiger partial charge on any atom is -0.458 e. The van der Waals surface area contributed by atoms with E-state index in [1.807, 2.05) is 12.1 Å². The van der Waals surface area contributed by atoms with Gasteiger partial charge in [-0.2, -0.15) is 0 Å². The first-order chi connectivity index (χ1) is 9.69. The fraction of sp³-hybridized carbons (Fsp3) is 0.500. The summed E-state index contributed by atoms with van der Waals surface area (Å²) in [6, 6.07) is 3.94. The van der Waals surface area contributed by atoms with E-state index in [-0.39, 0.29) is 0 Å². The Kier molecular flexibility index (Phi) is 4.77. The molecular weight excluding hydrogens is 250 g/mol. The summed E-state index contributed by atoms with van der Waals surface area (Å²) in [7, 11) is 0. The second-order valence-electron chi connectivity index (χ2n) is 4.87. The number of anilines is 1. The molecule has 20 heavy (non-hydrogen) atoms. The van der Waals surface area contributed by atoms with Gasteiger partial charge in [0, 0.05) is 24.2 Å². The normalized spacial score (nSPS) is 10.8. The number of nitrogens with zero attached hydrogens (tertiary/aromatic N) is 2. The summed E-state index contributed by atoms with van der Waals surface area (Å²) in [6.45, 7) is 9.32. The van der Waals surface area contributed by atoms with Gasteiger partial charge in [-0.05, 0) is 31.9 Å². The first-order valence-electron chi connectivity index (χ1n) is 7.40. The van der Waals surface area contributed by atoms with E-state index in [1.165, 1.54) is 0 Å². The first-order valence-corrected chi connectivity index (χ1v) is 7.40. The van der Waals surface area contributed by atoms with E-state index in [0.29, 0.717) is 5.82 Å². The topological polar surface area (TPSA) is 51.0 Å². The lowest BCUT2D eigenvalue weighted by atomic mass is 10.2. The summed E-state index contributed by atoms with van der Waals surface area (Å²) in [6.07, 6.45) is 2.85. The summed E-state index contributed by atoms with van der Waals surface area (Å²) in [4.78, 5) is 9.25. The molecule has 4 heteroatoms. The van der Waals surface area contributed by atoms with Crippen molar-refractivity contribution in [2.45, 2.75) is 47.0 Å². The molecule has 1 N–H and O–H groups in total. The number of rotatable bonds is 6. The first kappa shape index (κ1) is 14.6.